The number of anilines is 1. The van der Waals surface area contributed by atoms with Gasteiger partial charge < -0.3 is 0 Å². The number of para-hydroxylation sites is 1. The predicted molar refractivity (Wildman–Crippen MR) is 96.9 cm³/mol. The fraction of sp³-hybridized carbons (Fsp3) is 0.294. The Bertz CT molecular complexity index is 702. The maximum absolute atomic E-state index is 12.3. The van der Waals surface area contributed by atoms with Gasteiger partial charge in [0.05, 0.1) is 11.4 Å². The monoisotopic (exact) mass is 381 g/mol. The van der Waals surface area contributed by atoms with Gasteiger partial charge in [-0.1, -0.05) is 71.4 Å². The predicted octanol–water partition coefficient (Wildman–Crippen LogP) is 4.52. The second kappa shape index (κ2) is 7.79. The molecule has 22 heavy (non-hydrogen) atoms. The van der Waals surface area contributed by atoms with Crippen LogP contribution in [0.4, 0.5) is 5.69 Å². The van der Waals surface area contributed by atoms with Gasteiger partial charge >= 0.3 is 0 Å². The number of hydrogen-bond donors (Lipinski definition) is 1. The van der Waals surface area contributed by atoms with Crippen molar-refractivity contribution >= 4 is 31.6 Å². The highest BCUT2D eigenvalue weighted by molar-refractivity contribution is 9.09. The van der Waals surface area contributed by atoms with Crippen LogP contribution in [-0.4, -0.2) is 19.5 Å². The molecule has 1 N–H and O–H groups in total. The van der Waals surface area contributed by atoms with E-state index in [9.17, 15) is 8.42 Å². The summed E-state index contributed by atoms with van der Waals surface area (Å²) in [6, 6.07) is 17.3. The Morgan fingerprint density at radius 1 is 1.05 bits per heavy atom. The summed E-state index contributed by atoms with van der Waals surface area (Å²) in [6.45, 7) is 1.95. The van der Waals surface area contributed by atoms with Gasteiger partial charge in [-0.25, -0.2) is 8.42 Å². The van der Waals surface area contributed by atoms with Crippen LogP contribution in [0, 0.1) is 5.92 Å². The van der Waals surface area contributed by atoms with Gasteiger partial charge in [0.1, 0.15) is 0 Å². The van der Waals surface area contributed by atoms with Gasteiger partial charge in [-0.05, 0) is 24.0 Å². The van der Waals surface area contributed by atoms with Crippen molar-refractivity contribution in [1.29, 1.82) is 0 Å². The van der Waals surface area contributed by atoms with Crippen LogP contribution in [0.25, 0.3) is 11.1 Å². The fourth-order valence-corrected chi connectivity index (χ4v) is 4.59. The highest BCUT2D eigenvalue weighted by atomic mass is 79.9. The van der Waals surface area contributed by atoms with Crippen LogP contribution in [0.5, 0.6) is 0 Å². The van der Waals surface area contributed by atoms with E-state index in [1.165, 1.54) is 0 Å². The molecule has 0 radical (unpaired) electrons. The number of hydrogen-bond acceptors (Lipinski definition) is 2. The summed E-state index contributed by atoms with van der Waals surface area (Å²) in [6.07, 6.45) is 0.835. The van der Waals surface area contributed by atoms with Gasteiger partial charge in [0.2, 0.25) is 10.0 Å². The van der Waals surface area contributed by atoms with Gasteiger partial charge in [0.15, 0.2) is 0 Å². The Morgan fingerprint density at radius 3 is 2.36 bits per heavy atom. The minimum absolute atomic E-state index is 0.112. The molecule has 0 fully saturated rings. The topological polar surface area (TPSA) is 46.2 Å². The Morgan fingerprint density at radius 2 is 1.68 bits per heavy atom. The molecule has 0 spiro atoms. The molecule has 2 aromatic carbocycles. The first-order valence-corrected chi connectivity index (χ1v) is 10.00. The van der Waals surface area contributed by atoms with Crippen molar-refractivity contribution in [3.63, 3.8) is 0 Å². The summed E-state index contributed by atoms with van der Waals surface area (Å²) < 4.78 is 27.4. The summed E-state index contributed by atoms with van der Waals surface area (Å²) in [7, 11) is -3.36. The molecule has 0 aliphatic heterocycles. The zero-order valence-electron chi connectivity index (χ0n) is 12.5. The Hall–Kier alpha value is -1.33. The summed E-state index contributed by atoms with van der Waals surface area (Å²) in [5.41, 5.74) is 2.51. The van der Waals surface area contributed by atoms with E-state index in [1.807, 2.05) is 55.5 Å². The molecule has 0 saturated heterocycles. The average molecular weight is 382 g/mol. The fourth-order valence-electron chi connectivity index (χ4n) is 2.29. The Labute approximate surface area is 140 Å². The van der Waals surface area contributed by atoms with Crippen molar-refractivity contribution in [3.05, 3.63) is 54.6 Å². The number of rotatable bonds is 7. The maximum atomic E-state index is 12.3. The molecule has 0 saturated carbocycles. The largest absolute Gasteiger partial charge is 0.283 e. The molecule has 0 amide bonds. The lowest BCUT2D eigenvalue weighted by atomic mass is 10.0. The Balaban J connectivity index is 2.24. The zero-order chi connectivity index (χ0) is 16.0. The van der Waals surface area contributed by atoms with Crippen molar-refractivity contribution in [2.75, 3.05) is 15.8 Å². The molecule has 5 heteroatoms. The van der Waals surface area contributed by atoms with Crippen LogP contribution in [0.1, 0.15) is 13.3 Å². The molecule has 118 valence electrons. The molecule has 0 aliphatic rings. The highest BCUT2D eigenvalue weighted by Crippen LogP contribution is 2.28. The zero-order valence-corrected chi connectivity index (χ0v) is 14.9. The van der Waals surface area contributed by atoms with E-state index in [4.69, 9.17) is 0 Å². The summed E-state index contributed by atoms with van der Waals surface area (Å²) >= 11 is 3.35. The lowest BCUT2D eigenvalue weighted by molar-refractivity contribution is 0.571. The number of alkyl halides is 1. The molecule has 0 aliphatic carbocycles. The van der Waals surface area contributed by atoms with E-state index in [2.05, 4.69) is 20.7 Å². The van der Waals surface area contributed by atoms with Crippen molar-refractivity contribution in [1.82, 2.24) is 0 Å². The summed E-state index contributed by atoms with van der Waals surface area (Å²) in [5.74, 6) is 0.239. The van der Waals surface area contributed by atoms with Crippen LogP contribution < -0.4 is 4.72 Å². The molecular formula is C17H20BrNO2S. The lowest BCUT2D eigenvalue weighted by Crippen LogP contribution is -2.22. The average Bonchev–Trinajstić information content (AvgIpc) is 2.48. The summed E-state index contributed by atoms with van der Waals surface area (Å²) in [5, 5.41) is 0.810. The second-order valence-corrected chi connectivity index (χ2v) is 7.94. The van der Waals surface area contributed by atoms with Gasteiger partial charge in [0, 0.05) is 10.9 Å². The van der Waals surface area contributed by atoms with Crippen LogP contribution in [-0.2, 0) is 10.0 Å². The molecule has 2 rings (SSSR count). The van der Waals surface area contributed by atoms with E-state index < -0.39 is 10.0 Å². The van der Waals surface area contributed by atoms with Gasteiger partial charge in [0.25, 0.3) is 0 Å². The number of benzene rings is 2. The van der Waals surface area contributed by atoms with Crippen molar-refractivity contribution in [2.24, 2.45) is 5.92 Å². The molecule has 1 unspecified atom stereocenters. The highest BCUT2D eigenvalue weighted by Gasteiger charge is 2.17. The van der Waals surface area contributed by atoms with E-state index in [0.717, 1.165) is 22.9 Å². The van der Waals surface area contributed by atoms with Crippen molar-refractivity contribution < 1.29 is 8.42 Å². The lowest BCUT2D eigenvalue weighted by Gasteiger charge is -2.15. The maximum Gasteiger partial charge on any atom is 0.233 e. The number of sulfonamides is 1. The van der Waals surface area contributed by atoms with Crippen LogP contribution in [0.3, 0.4) is 0 Å². The van der Waals surface area contributed by atoms with Crippen LogP contribution in [0.2, 0.25) is 0 Å². The quantitative estimate of drug-likeness (QED) is 0.716. The molecule has 3 nitrogen and oxygen atoms in total. The Kier molecular flexibility index (Phi) is 6.03. The first kappa shape index (κ1) is 17.0. The smallest absolute Gasteiger partial charge is 0.233 e. The SMILES string of the molecule is CC(CCBr)CS(=O)(=O)Nc1ccccc1-c1ccccc1. The standard InChI is InChI=1S/C17H20BrNO2S/c1-14(11-12-18)13-22(20,21)19-17-10-6-5-9-16(17)15-7-3-2-4-8-15/h2-10,14,19H,11-13H2,1H3. The van der Waals surface area contributed by atoms with E-state index in [-0.39, 0.29) is 11.7 Å². The van der Waals surface area contributed by atoms with E-state index in [1.54, 1.807) is 6.07 Å². The van der Waals surface area contributed by atoms with Crippen LogP contribution in [0.15, 0.2) is 54.6 Å². The first-order chi connectivity index (χ1) is 10.5. The van der Waals surface area contributed by atoms with Gasteiger partial charge in [-0.3, -0.25) is 4.72 Å². The third-order valence-electron chi connectivity index (χ3n) is 3.38. The minimum atomic E-state index is -3.36. The summed E-state index contributed by atoms with van der Waals surface area (Å²) in [4.78, 5) is 0. The molecular weight excluding hydrogens is 362 g/mol. The van der Waals surface area contributed by atoms with Crippen LogP contribution >= 0.6 is 15.9 Å². The third kappa shape index (κ3) is 4.85. The second-order valence-electron chi connectivity index (χ2n) is 5.38. The first-order valence-electron chi connectivity index (χ1n) is 7.23. The van der Waals surface area contributed by atoms with E-state index in [0.29, 0.717) is 5.69 Å². The number of halogens is 1. The van der Waals surface area contributed by atoms with Crippen molar-refractivity contribution in [2.45, 2.75) is 13.3 Å². The molecule has 0 aromatic heterocycles. The number of nitrogens with one attached hydrogen (secondary N) is 1. The van der Waals surface area contributed by atoms with Crippen molar-refractivity contribution in [3.8, 4) is 11.1 Å². The molecule has 1 atom stereocenters. The van der Waals surface area contributed by atoms with Gasteiger partial charge in [-0.2, -0.15) is 0 Å². The third-order valence-corrected chi connectivity index (χ3v) is 5.38. The van der Waals surface area contributed by atoms with E-state index >= 15 is 0 Å². The molecule has 0 bridgehead atoms. The minimum Gasteiger partial charge on any atom is -0.283 e. The normalized spacial score (nSPS) is 12.8. The molecule has 0 heterocycles. The van der Waals surface area contributed by atoms with Gasteiger partial charge in [-0.15, -0.1) is 0 Å². The molecule has 2 aromatic rings.